The molecule has 0 fully saturated rings. The maximum absolute atomic E-state index is 6.05. The maximum atomic E-state index is 6.05. The molecule has 1 aliphatic heterocycles. The molecular formula is C17H17N5. The summed E-state index contributed by atoms with van der Waals surface area (Å²) in [7, 11) is 0. The summed E-state index contributed by atoms with van der Waals surface area (Å²) >= 11 is 0. The van der Waals surface area contributed by atoms with Crippen LogP contribution in [0.25, 0.3) is 10.8 Å². The molecule has 22 heavy (non-hydrogen) atoms. The average molecular weight is 291 g/mol. The Morgan fingerprint density at radius 2 is 1.95 bits per heavy atom. The first-order chi connectivity index (χ1) is 10.7. The van der Waals surface area contributed by atoms with E-state index >= 15 is 0 Å². The van der Waals surface area contributed by atoms with Crippen molar-refractivity contribution in [2.24, 2.45) is 0 Å². The number of hydrogen-bond acceptors (Lipinski definition) is 5. The number of rotatable bonds is 1. The summed E-state index contributed by atoms with van der Waals surface area (Å²) in [5.74, 6) is 1.46. The van der Waals surface area contributed by atoms with Gasteiger partial charge in [0.15, 0.2) is 0 Å². The van der Waals surface area contributed by atoms with Crippen LogP contribution in [0.1, 0.15) is 11.3 Å². The van der Waals surface area contributed by atoms with Crippen molar-refractivity contribution in [2.75, 3.05) is 22.9 Å². The van der Waals surface area contributed by atoms with Gasteiger partial charge in [-0.15, -0.1) is 0 Å². The van der Waals surface area contributed by atoms with Crippen LogP contribution in [0.15, 0.2) is 42.6 Å². The summed E-state index contributed by atoms with van der Waals surface area (Å²) in [5.41, 5.74) is 15.0. The van der Waals surface area contributed by atoms with E-state index in [0.717, 1.165) is 46.5 Å². The second-order valence-corrected chi connectivity index (χ2v) is 5.59. The SMILES string of the molecule is Nc1cc2ccccc2c(N2CCc3c(N)ccnc3C2)n1. The van der Waals surface area contributed by atoms with E-state index in [2.05, 4.69) is 27.0 Å². The minimum Gasteiger partial charge on any atom is -0.398 e. The number of hydrogen-bond donors (Lipinski definition) is 2. The van der Waals surface area contributed by atoms with Crippen molar-refractivity contribution >= 4 is 28.1 Å². The predicted molar refractivity (Wildman–Crippen MR) is 89.6 cm³/mol. The number of benzene rings is 1. The monoisotopic (exact) mass is 291 g/mol. The van der Waals surface area contributed by atoms with Crippen molar-refractivity contribution in [1.29, 1.82) is 0 Å². The Balaban J connectivity index is 1.81. The molecule has 5 nitrogen and oxygen atoms in total. The molecule has 0 unspecified atom stereocenters. The normalized spacial score (nSPS) is 14.1. The largest absolute Gasteiger partial charge is 0.398 e. The van der Waals surface area contributed by atoms with Crippen molar-refractivity contribution in [3.63, 3.8) is 0 Å². The Morgan fingerprint density at radius 1 is 1.09 bits per heavy atom. The third kappa shape index (κ3) is 2.02. The summed E-state index contributed by atoms with van der Waals surface area (Å²) in [6.07, 6.45) is 2.64. The zero-order chi connectivity index (χ0) is 15.1. The lowest BCUT2D eigenvalue weighted by molar-refractivity contribution is 0.706. The van der Waals surface area contributed by atoms with Crippen molar-refractivity contribution in [3.8, 4) is 0 Å². The zero-order valence-electron chi connectivity index (χ0n) is 12.2. The number of fused-ring (bicyclic) bond motifs is 2. The molecule has 0 saturated carbocycles. The van der Waals surface area contributed by atoms with Crippen molar-refractivity contribution in [2.45, 2.75) is 13.0 Å². The minimum atomic E-state index is 0.542. The first kappa shape index (κ1) is 12.9. The smallest absolute Gasteiger partial charge is 0.139 e. The number of nitrogens with zero attached hydrogens (tertiary/aromatic N) is 3. The van der Waals surface area contributed by atoms with Gasteiger partial charge < -0.3 is 16.4 Å². The first-order valence-corrected chi connectivity index (χ1v) is 7.35. The predicted octanol–water partition coefficient (Wildman–Crippen LogP) is 2.36. The van der Waals surface area contributed by atoms with Crippen LogP contribution in [-0.4, -0.2) is 16.5 Å². The van der Waals surface area contributed by atoms with Gasteiger partial charge in [0.25, 0.3) is 0 Å². The van der Waals surface area contributed by atoms with Gasteiger partial charge in [-0.25, -0.2) is 4.98 Å². The van der Waals surface area contributed by atoms with E-state index in [1.807, 2.05) is 24.3 Å². The third-order valence-corrected chi connectivity index (χ3v) is 4.19. The second kappa shape index (κ2) is 4.87. The fourth-order valence-corrected chi connectivity index (χ4v) is 3.11. The highest BCUT2D eigenvalue weighted by Gasteiger charge is 2.21. The van der Waals surface area contributed by atoms with Crippen LogP contribution in [0.5, 0.6) is 0 Å². The molecule has 1 aromatic carbocycles. The molecule has 4 rings (SSSR count). The molecule has 0 amide bonds. The fourth-order valence-electron chi connectivity index (χ4n) is 3.11. The number of aromatic nitrogens is 2. The molecule has 3 heterocycles. The van der Waals surface area contributed by atoms with Gasteiger partial charge in [0, 0.05) is 29.4 Å². The van der Waals surface area contributed by atoms with Gasteiger partial charge in [0.2, 0.25) is 0 Å². The van der Waals surface area contributed by atoms with Crippen LogP contribution < -0.4 is 16.4 Å². The van der Waals surface area contributed by atoms with E-state index in [4.69, 9.17) is 11.5 Å². The summed E-state index contributed by atoms with van der Waals surface area (Å²) in [4.78, 5) is 11.3. The van der Waals surface area contributed by atoms with Crippen LogP contribution in [0.2, 0.25) is 0 Å². The van der Waals surface area contributed by atoms with Crippen LogP contribution in [-0.2, 0) is 13.0 Å². The number of anilines is 3. The number of pyridine rings is 2. The molecule has 4 N–H and O–H groups in total. The van der Waals surface area contributed by atoms with Crippen LogP contribution in [0.3, 0.4) is 0 Å². The summed E-state index contributed by atoms with van der Waals surface area (Å²) in [6.45, 7) is 1.57. The van der Waals surface area contributed by atoms with E-state index in [1.165, 1.54) is 0 Å². The lowest BCUT2D eigenvalue weighted by Gasteiger charge is -2.30. The minimum absolute atomic E-state index is 0.542. The summed E-state index contributed by atoms with van der Waals surface area (Å²) in [5, 5.41) is 2.22. The van der Waals surface area contributed by atoms with E-state index < -0.39 is 0 Å². The van der Waals surface area contributed by atoms with Crippen LogP contribution in [0, 0.1) is 0 Å². The van der Waals surface area contributed by atoms with Gasteiger partial charge in [-0.2, -0.15) is 0 Å². The lowest BCUT2D eigenvalue weighted by atomic mass is 10.0. The maximum Gasteiger partial charge on any atom is 0.139 e. The van der Waals surface area contributed by atoms with Crippen molar-refractivity contribution in [3.05, 3.63) is 53.9 Å². The molecule has 0 radical (unpaired) electrons. The Bertz CT molecular complexity index is 859. The first-order valence-electron chi connectivity index (χ1n) is 7.35. The van der Waals surface area contributed by atoms with Gasteiger partial charge in [0.05, 0.1) is 12.2 Å². The molecular weight excluding hydrogens is 274 g/mol. The number of nitrogen functional groups attached to an aromatic ring is 2. The molecule has 2 aromatic heterocycles. The van der Waals surface area contributed by atoms with E-state index in [9.17, 15) is 0 Å². The molecule has 0 aliphatic carbocycles. The Labute approximate surface area is 128 Å². The molecule has 0 bridgehead atoms. The van der Waals surface area contributed by atoms with Crippen molar-refractivity contribution < 1.29 is 0 Å². The van der Waals surface area contributed by atoms with E-state index in [0.29, 0.717) is 12.4 Å². The van der Waals surface area contributed by atoms with Gasteiger partial charge >= 0.3 is 0 Å². The van der Waals surface area contributed by atoms with Gasteiger partial charge in [-0.3, -0.25) is 4.98 Å². The molecule has 5 heteroatoms. The highest BCUT2D eigenvalue weighted by Crippen LogP contribution is 2.31. The Kier molecular flexibility index (Phi) is 2.85. The quantitative estimate of drug-likeness (QED) is 0.719. The molecule has 0 atom stereocenters. The Hall–Kier alpha value is -2.82. The van der Waals surface area contributed by atoms with Gasteiger partial charge in [-0.05, 0) is 23.9 Å². The van der Waals surface area contributed by atoms with Crippen LogP contribution >= 0.6 is 0 Å². The fraction of sp³-hybridized carbons (Fsp3) is 0.176. The van der Waals surface area contributed by atoms with E-state index in [-0.39, 0.29) is 0 Å². The molecule has 0 saturated heterocycles. The highest BCUT2D eigenvalue weighted by atomic mass is 15.2. The summed E-state index contributed by atoms with van der Waals surface area (Å²) in [6, 6.07) is 12.0. The molecule has 110 valence electrons. The third-order valence-electron chi connectivity index (χ3n) is 4.19. The zero-order valence-corrected chi connectivity index (χ0v) is 12.2. The second-order valence-electron chi connectivity index (χ2n) is 5.59. The standard InChI is InChI=1S/C17H17N5/c18-14-5-7-20-15-10-22(8-6-13(14)15)17-12-4-2-1-3-11(12)9-16(19)21-17/h1-5,7,9H,6,8,10H2,(H2,18,20)(H2,19,21). The van der Waals surface area contributed by atoms with Crippen LogP contribution in [0.4, 0.5) is 17.3 Å². The topological polar surface area (TPSA) is 81.1 Å². The Morgan fingerprint density at radius 3 is 2.86 bits per heavy atom. The average Bonchev–Trinajstić information content (AvgIpc) is 2.54. The molecule has 1 aliphatic rings. The highest BCUT2D eigenvalue weighted by molar-refractivity contribution is 5.94. The molecule has 3 aromatic rings. The molecule has 0 spiro atoms. The van der Waals surface area contributed by atoms with E-state index in [1.54, 1.807) is 6.20 Å². The lowest BCUT2D eigenvalue weighted by Crippen LogP contribution is -2.32. The van der Waals surface area contributed by atoms with Gasteiger partial charge in [0.1, 0.15) is 11.6 Å². The number of nitrogens with two attached hydrogens (primary N) is 2. The van der Waals surface area contributed by atoms with Crippen molar-refractivity contribution in [1.82, 2.24) is 9.97 Å². The van der Waals surface area contributed by atoms with Gasteiger partial charge in [-0.1, -0.05) is 24.3 Å². The summed E-state index contributed by atoms with van der Waals surface area (Å²) < 4.78 is 0.